The summed E-state index contributed by atoms with van der Waals surface area (Å²) in [6, 6.07) is 13.4. The fraction of sp³-hybridized carbons (Fsp3) is 0.286. The summed E-state index contributed by atoms with van der Waals surface area (Å²) in [6.07, 6.45) is 0.797. The molecule has 0 bridgehead atoms. The quantitative estimate of drug-likeness (QED) is 0.861. The standard InChI is InChI=1S/C14H14F3NO2S/c15-14(16,17)21(19,20)18-10-4-8-12-7-3-6-11-5-1-2-9-13(11)12/h1-3,5-7,9,18H,4,8,10H2. The van der Waals surface area contributed by atoms with Gasteiger partial charge in [-0.05, 0) is 29.2 Å². The molecule has 1 N–H and O–H groups in total. The lowest BCUT2D eigenvalue weighted by molar-refractivity contribution is -0.0447. The van der Waals surface area contributed by atoms with Crippen molar-refractivity contribution in [1.82, 2.24) is 4.72 Å². The zero-order chi connectivity index (χ0) is 15.5. The summed E-state index contributed by atoms with van der Waals surface area (Å²) < 4.78 is 59.7. The Balaban J connectivity index is 1.98. The van der Waals surface area contributed by atoms with Crippen molar-refractivity contribution in [2.75, 3.05) is 6.54 Å². The molecule has 7 heteroatoms. The molecular weight excluding hydrogens is 303 g/mol. The molecule has 0 aliphatic carbocycles. The van der Waals surface area contributed by atoms with Gasteiger partial charge in [0.2, 0.25) is 0 Å². The molecule has 0 heterocycles. The van der Waals surface area contributed by atoms with Gasteiger partial charge in [0, 0.05) is 6.54 Å². The van der Waals surface area contributed by atoms with Crippen LogP contribution in [-0.4, -0.2) is 20.5 Å². The van der Waals surface area contributed by atoms with Crippen molar-refractivity contribution in [3.05, 3.63) is 48.0 Å². The van der Waals surface area contributed by atoms with Crippen molar-refractivity contribution in [3.63, 3.8) is 0 Å². The van der Waals surface area contributed by atoms with E-state index in [1.54, 1.807) is 4.72 Å². The maximum Gasteiger partial charge on any atom is 0.511 e. The summed E-state index contributed by atoms with van der Waals surface area (Å²) in [4.78, 5) is 0. The van der Waals surface area contributed by atoms with Crippen LogP contribution in [0.4, 0.5) is 13.2 Å². The number of rotatable bonds is 5. The molecule has 0 fully saturated rings. The van der Waals surface area contributed by atoms with Gasteiger partial charge in [0.05, 0.1) is 0 Å². The lowest BCUT2D eigenvalue weighted by Crippen LogP contribution is -2.37. The van der Waals surface area contributed by atoms with Gasteiger partial charge < -0.3 is 0 Å². The van der Waals surface area contributed by atoms with Crippen LogP contribution in [0, 0.1) is 0 Å². The Hall–Kier alpha value is -1.60. The summed E-state index contributed by atoms with van der Waals surface area (Å²) in [6.45, 7) is -0.245. The van der Waals surface area contributed by atoms with Crippen LogP contribution >= 0.6 is 0 Å². The number of alkyl halides is 3. The molecule has 0 amide bonds. The molecule has 0 radical (unpaired) electrons. The van der Waals surface area contributed by atoms with E-state index in [1.807, 2.05) is 42.5 Å². The Morgan fingerprint density at radius 1 is 1.00 bits per heavy atom. The summed E-state index contributed by atoms with van der Waals surface area (Å²) in [5.41, 5.74) is -4.27. The topological polar surface area (TPSA) is 46.2 Å². The zero-order valence-corrected chi connectivity index (χ0v) is 11.8. The van der Waals surface area contributed by atoms with Crippen molar-refractivity contribution in [2.24, 2.45) is 0 Å². The van der Waals surface area contributed by atoms with E-state index in [0.717, 1.165) is 16.3 Å². The Morgan fingerprint density at radius 3 is 2.38 bits per heavy atom. The molecule has 0 atom stereocenters. The normalized spacial score (nSPS) is 12.7. The number of hydrogen-bond donors (Lipinski definition) is 1. The second-order valence-electron chi connectivity index (χ2n) is 4.59. The van der Waals surface area contributed by atoms with Gasteiger partial charge in [-0.25, -0.2) is 13.1 Å². The minimum Gasteiger partial charge on any atom is -0.207 e. The molecule has 0 saturated carbocycles. The van der Waals surface area contributed by atoms with E-state index >= 15 is 0 Å². The predicted molar refractivity (Wildman–Crippen MR) is 75.2 cm³/mol. The molecule has 21 heavy (non-hydrogen) atoms. The lowest BCUT2D eigenvalue weighted by Gasteiger charge is -2.10. The summed E-state index contributed by atoms with van der Waals surface area (Å²) in [5.74, 6) is 0. The number of fused-ring (bicyclic) bond motifs is 1. The summed E-state index contributed by atoms with van der Waals surface area (Å²) >= 11 is 0. The highest BCUT2D eigenvalue weighted by Gasteiger charge is 2.45. The number of halogens is 3. The van der Waals surface area contributed by atoms with Gasteiger partial charge in [-0.3, -0.25) is 0 Å². The Labute approximate surface area is 120 Å². The molecular formula is C14H14F3NO2S. The molecule has 0 unspecified atom stereocenters. The Morgan fingerprint density at radius 2 is 1.67 bits per heavy atom. The van der Waals surface area contributed by atoms with E-state index in [9.17, 15) is 21.6 Å². The second kappa shape index (κ2) is 6.03. The van der Waals surface area contributed by atoms with Crippen LogP contribution in [0.25, 0.3) is 10.8 Å². The zero-order valence-electron chi connectivity index (χ0n) is 11.0. The van der Waals surface area contributed by atoms with Crippen LogP contribution < -0.4 is 4.72 Å². The first kappa shape index (κ1) is 15.8. The molecule has 0 aliphatic rings. The monoisotopic (exact) mass is 317 g/mol. The first-order valence-corrected chi connectivity index (χ1v) is 7.82. The van der Waals surface area contributed by atoms with Gasteiger partial charge >= 0.3 is 15.5 Å². The average Bonchev–Trinajstić information content (AvgIpc) is 2.42. The fourth-order valence-corrected chi connectivity index (χ4v) is 2.65. The SMILES string of the molecule is O=S(=O)(NCCCc1cccc2ccccc12)C(F)(F)F. The predicted octanol–water partition coefficient (Wildman–Crippen LogP) is 3.21. The number of aryl methyl sites for hydroxylation is 1. The van der Waals surface area contributed by atoms with E-state index in [2.05, 4.69) is 0 Å². The molecule has 2 rings (SSSR count). The maximum absolute atomic E-state index is 12.1. The highest BCUT2D eigenvalue weighted by Crippen LogP contribution is 2.22. The van der Waals surface area contributed by atoms with Gasteiger partial charge in [0.1, 0.15) is 0 Å². The Bertz CT molecular complexity index is 721. The van der Waals surface area contributed by atoms with E-state index in [4.69, 9.17) is 0 Å². The smallest absolute Gasteiger partial charge is 0.207 e. The molecule has 2 aromatic carbocycles. The van der Waals surface area contributed by atoms with Crippen LogP contribution in [0.2, 0.25) is 0 Å². The Kier molecular flexibility index (Phi) is 4.53. The molecule has 114 valence electrons. The van der Waals surface area contributed by atoms with Crippen LogP contribution in [0.5, 0.6) is 0 Å². The third-order valence-electron chi connectivity index (χ3n) is 3.10. The summed E-state index contributed by atoms with van der Waals surface area (Å²) in [7, 11) is -5.24. The van der Waals surface area contributed by atoms with Crippen LogP contribution in [0.15, 0.2) is 42.5 Å². The van der Waals surface area contributed by atoms with E-state index in [0.29, 0.717) is 12.8 Å². The maximum atomic E-state index is 12.1. The highest BCUT2D eigenvalue weighted by atomic mass is 32.2. The number of benzene rings is 2. The van der Waals surface area contributed by atoms with Crippen LogP contribution in [0.1, 0.15) is 12.0 Å². The lowest BCUT2D eigenvalue weighted by atomic mass is 10.0. The number of nitrogens with one attached hydrogen (secondary N) is 1. The third kappa shape index (κ3) is 3.74. The van der Waals surface area contributed by atoms with Gasteiger partial charge in [0.25, 0.3) is 0 Å². The first-order chi connectivity index (χ1) is 9.81. The highest BCUT2D eigenvalue weighted by molar-refractivity contribution is 7.90. The second-order valence-corrected chi connectivity index (χ2v) is 6.34. The first-order valence-electron chi connectivity index (χ1n) is 6.34. The minimum absolute atomic E-state index is 0.245. The van der Waals surface area contributed by atoms with E-state index in [-0.39, 0.29) is 6.54 Å². The van der Waals surface area contributed by atoms with Crippen LogP contribution in [0.3, 0.4) is 0 Å². The van der Waals surface area contributed by atoms with Crippen molar-refractivity contribution < 1.29 is 21.6 Å². The van der Waals surface area contributed by atoms with E-state index < -0.39 is 15.5 Å². The van der Waals surface area contributed by atoms with Crippen LogP contribution in [-0.2, 0) is 16.4 Å². The average molecular weight is 317 g/mol. The van der Waals surface area contributed by atoms with E-state index in [1.165, 1.54) is 0 Å². The molecule has 0 saturated heterocycles. The summed E-state index contributed by atoms with van der Waals surface area (Å²) in [5, 5.41) is 2.07. The number of sulfonamides is 1. The van der Waals surface area contributed by atoms with Gasteiger partial charge in [-0.2, -0.15) is 13.2 Å². The largest absolute Gasteiger partial charge is 0.511 e. The van der Waals surface area contributed by atoms with Crippen molar-refractivity contribution in [1.29, 1.82) is 0 Å². The van der Waals surface area contributed by atoms with Crippen molar-refractivity contribution in [2.45, 2.75) is 18.3 Å². The third-order valence-corrected chi connectivity index (χ3v) is 4.29. The molecule has 0 aromatic heterocycles. The molecule has 0 spiro atoms. The fourth-order valence-electron chi connectivity index (χ4n) is 2.08. The molecule has 0 aliphatic heterocycles. The molecule has 2 aromatic rings. The van der Waals surface area contributed by atoms with Gasteiger partial charge in [0.15, 0.2) is 0 Å². The van der Waals surface area contributed by atoms with Crippen molar-refractivity contribution in [3.8, 4) is 0 Å². The van der Waals surface area contributed by atoms with Crippen molar-refractivity contribution >= 4 is 20.8 Å². The van der Waals surface area contributed by atoms with Gasteiger partial charge in [-0.15, -0.1) is 0 Å². The van der Waals surface area contributed by atoms with Gasteiger partial charge in [-0.1, -0.05) is 42.5 Å². The number of hydrogen-bond acceptors (Lipinski definition) is 2. The molecule has 3 nitrogen and oxygen atoms in total. The minimum atomic E-state index is -5.26.